The maximum atomic E-state index is 12.4. The molecule has 0 bridgehead atoms. The molecule has 7 nitrogen and oxygen atoms in total. The SMILES string of the molecule is CNC(=O)c1ccc([C@@H]2CCCCN2CC(=O)NCc2ccco2)n1C. The maximum Gasteiger partial charge on any atom is 0.267 e. The van der Waals surface area contributed by atoms with E-state index in [2.05, 4.69) is 15.5 Å². The Hall–Kier alpha value is -2.54. The van der Waals surface area contributed by atoms with Crippen LogP contribution in [0.1, 0.15) is 47.2 Å². The number of carbonyl (C=O) groups excluding carboxylic acids is 2. The molecule has 1 atom stereocenters. The van der Waals surface area contributed by atoms with E-state index in [0.29, 0.717) is 18.8 Å². The Balaban J connectivity index is 1.67. The molecule has 3 heterocycles. The van der Waals surface area contributed by atoms with Gasteiger partial charge in [-0.3, -0.25) is 14.5 Å². The Morgan fingerprint density at radius 1 is 1.27 bits per heavy atom. The van der Waals surface area contributed by atoms with Crippen LogP contribution in [0.25, 0.3) is 0 Å². The number of carbonyl (C=O) groups is 2. The zero-order valence-corrected chi connectivity index (χ0v) is 15.3. The molecule has 140 valence electrons. The van der Waals surface area contributed by atoms with Crippen molar-refractivity contribution < 1.29 is 14.0 Å². The molecule has 0 unspecified atom stereocenters. The molecule has 2 N–H and O–H groups in total. The van der Waals surface area contributed by atoms with E-state index in [4.69, 9.17) is 4.42 Å². The normalized spacial score (nSPS) is 17.8. The summed E-state index contributed by atoms with van der Waals surface area (Å²) < 4.78 is 7.18. The Labute approximate surface area is 153 Å². The number of hydrogen-bond acceptors (Lipinski definition) is 4. The van der Waals surface area contributed by atoms with E-state index in [9.17, 15) is 9.59 Å². The van der Waals surface area contributed by atoms with Gasteiger partial charge in [0.25, 0.3) is 5.91 Å². The standard InChI is InChI=1S/C19H26N4O3/c1-20-19(25)17-9-8-15(22(17)2)16-7-3-4-10-23(16)13-18(24)21-12-14-6-5-11-26-14/h5-6,8-9,11,16H,3-4,7,10,12-13H2,1-2H3,(H,20,25)(H,21,24)/t16-/m0/s1. The fourth-order valence-corrected chi connectivity index (χ4v) is 3.57. The van der Waals surface area contributed by atoms with Crippen LogP contribution in [-0.2, 0) is 18.4 Å². The van der Waals surface area contributed by atoms with Crippen molar-refractivity contribution in [2.24, 2.45) is 7.05 Å². The molecule has 1 fully saturated rings. The van der Waals surface area contributed by atoms with Gasteiger partial charge in [0.2, 0.25) is 5.91 Å². The maximum absolute atomic E-state index is 12.4. The van der Waals surface area contributed by atoms with Crippen LogP contribution in [0.5, 0.6) is 0 Å². The van der Waals surface area contributed by atoms with Crippen molar-refractivity contribution in [2.45, 2.75) is 31.8 Å². The summed E-state index contributed by atoms with van der Waals surface area (Å²) in [6, 6.07) is 7.63. The summed E-state index contributed by atoms with van der Waals surface area (Å²) in [5.41, 5.74) is 1.71. The van der Waals surface area contributed by atoms with E-state index in [0.717, 1.165) is 37.3 Å². The lowest BCUT2D eigenvalue weighted by atomic mass is 9.99. The Morgan fingerprint density at radius 2 is 2.12 bits per heavy atom. The highest BCUT2D eigenvalue weighted by atomic mass is 16.3. The van der Waals surface area contributed by atoms with Crippen LogP contribution >= 0.6 is 0 Å². The lowest BCUT2D eigenvalue weighted by molar-refractivity contribution is -0.123. The molecule has 3 rings (SSSR count). The highest BCUT2D eigenvalue weighted by molar-refractivity contribution is 5.92. The average Bonchev–Trinajstić information content (AvgIpc) is 3.29. The summed E-state index contributed by atoms with van der Waals surface area (Å²) in [4.78, 5) is 26.5. The number of rotatable bonds is 6. The molecule has 2 aromatic rings. The third kappa shape index (κ3) is 3.99. The minimum absolute atomic E-state index is 0.0194. The van der Waals surface area contributed by atoms with Crippen molar-refractivity contribution in [3.63, 3.8) is 0 Å². The molecule has 2 aromatic heterocycles. The zero-order chi connectivity index (χ0) is 18.5. The van der Waals surface area contributed by atoms with Crippen molar-refractivity contribution in [3.8, 4) is 0 Å². The second kappa shape index (κ2) is 8.23. The van der Waals surface area contributed by atoms with Gasteiger partial charge in [-0.2, -0.15) is 0 Å². The Bertz CT molecular complexity index is 751. The first kappa shape index (κ1) is 18.3. The number of aromatic nitrogens is 1. The molecule has 2 amide bonds. The molecule has 0 spiro atoms. The quantitative estimate of drug-likeness (QED) is 0.826. The van der Waals surface area contributed by atoms with E-state index in [-0.39, 0.29) is 17.9 Å². The molecule has 7 heteroatoms. The molecule has 26 heavy (non-hydrogen) atoms. The summed E-state index contributed by atoms with van der Waals surface area (Å²) in [5, 5.41) is 5.57. The van der Waals surface area contributed by atoms with E-state index < -0.39 is 0 Å². The van der Waals surface area contributed by atoms with Gasteiger partial charge in [0.15, 0.2) is 0 Å². The van der Waals surface area contributed by atoms with Gasteiger partial charge >= 0.3 is 0 Å². The summed E-state index contributed by atoms with van der Waals surface area (Å²) in [7, 11) is 3.54. The predicted molar refractivity (Wildman–Crippen MR) is 97.5 cm³/mol. The van der Waals surface area contributed by atoms with Crippen molar-refractivity contribution >= 4 is 11.8 Å². The molecule has 0 saturated carbocycles. The third-order valence-electron chi connectivity index (χ3n) is 4.96. The van der Waals surface area contributed by atoms with Crippen molar-refractivity contribution in [2.75, 3.05) is 20.1 Å². The van der Waals surface area contributed by atoms with Crippen molar-refractivity contribution in [1.29, 1.82) is 0 Å². The number of nitrogens with zero attached hydrogens (tertiary/aromatic N) is 2. The number of furan rings is 1. The molecular weight excluding hydrogens is 332 g/mol. The van der Waals surface area contributed by atoms with Crippen molar-refractivity contribution in [1.82, 2.24) is 20.1 Å². The fourth-order valence-electron chi connectivity index (χ4n) is 3.57. The predicted octanol–water partition coefficient (Wildman–Crippen LogP) is 1.82. The van der Waals surface area contributed by atoms with Crippen LogP contribution in [0.4, 0.5) is 0 Å². The first-order valence-electron chi connectivity index (χ1n) is 9.01. The molecule has 1 saturated heterocycles. The van der Waals surface area contributed by atoms with Gasteiger partial charge in [-0.05, 0) is 43.7 Å². The monoisotopic (exact) mass is 358 g/mol. The van der Waals surface area contributed by atoms with Crippen LogP contribution in [0.15, 0.2) is 34.9 Å². The van der Waals surface area contributed by atoms with Crippen LogP contribution < -0.4 is 10.6 Å². The summed E-state index contributed by atoms with van der Waals surface area (Å²) in [6.45, 7) is 1.61. The fraction of sp³-hybridized carbons (Fsp3) is 0.474. The van der Waals surface area contributed by atoms with E-state index in [1.54, 1.807) is 13.3 Å². The number of amides is 2. The van der Waals surface area contributed by atoms with Crippen LogP contribution in [0, 0.1) is 0 Å². The van der Waals surface area contributed by atoms with E-state index >= 15 is 0 Å². The van der Waals surface area contributed by atoms with Gasteiger partial charge in [0.05, 0.1) is 25.4 Å². The van der Waals surface area contributed by atoms with Crippen LogP contribution in [0.2, 0.25) is 0 Å². The molecule has 0 aromatic carbocycles. The molecule has 1 aliphatic rings. The summed E-state index contributed by atoms with van der Waals surface area (Å²) in [6.07, 6.45) is 4.78. The number of piperidine rings is 1. The zero-order valence-electron chi connectivity index (χ0n) is 15.3. The Morgan fingerprint density at radius 3 is 2.85 bits per heavy atom. The van der Waals surface area contributed by atoms with Crippen molar-refractivity contribution in [3.05, 3.63) is 47.7 Å². The second-order valence-electron chi connectivity index (χ2n) is 6.62. The van der Waals surface area contributed by atoms with Crippen LogP contribution in [-0.4, -0.2) is 41.4 Å². The smallest absolute Gasteiger partial charge is 0.267 e. The summed E-state index contributed by atoms with van der Waals surface area (Å²) in [5.74, 6) is 0.623. The number of hydrogen-bond donors (Lipinski definition) is 2. The lowest BCUT2D eigenvalue weighted by Crippen LogP contribution is -2.42. The molecular formula is C19H26N4O3. The largest absolute Gasteiger partial charge is 0.467 e. The van der Waals surface area contributed by atoms with Crippen LogP contribution in [0.3, 0.4) is 0 Å². The minimum atomic E-state index is -0.0997. The van der Waals surface area contributed by atoms with E-state index in [1.165, 1.54) is 0 Å². The second-order valence-corrected chi connectivity index (χ2v) is 6.62. The Kier molecular flexibility index (Phi) is 5.78. The van der Waals surface area contributed by atoms with Gasteiger partial charge in [0, 0.05) is 19.8 Å². The van der Waals surface area contributed by atoms with E-state index in [1.807, 2.05) is 35.9 Å². The third-order valence-corrected chi connectivity index (χ3v) is 4.96. The lowest BCUT2D eigenvalue weighted by Gasteiger charge is -2.35. The summed E-state index contributed by atoms with van der Waals surface area (Å²) >= 11 is 0. The topological polar surface area (TPSA) is 79.5 Å². The first-order chi connectivity index (χ1) is 12.6. The van der Waals surface area contributed by atoms with Gasteiger partial charge in [0.1, 0.15) is 11.5 Å². The molecule has 1 aliphatic heterocycles. The highest BCUT2D eigenvalue weighted by Crippen LogP contribution is 2.31. The number of likely N-dealkylation sites (tertiary alicyclic amines) is 1. The highest BCUT2D eigenvalue weighted by Gasteiger charge is 2.28. The molecule has 0 radical (unpaired) electrons. The molecule has 0 aliphatic carbocycles. The van der Waals surface area contributed by atoms with Gasteiger partial charge < -0.3 is 19.6 Å². The number of nitrogens with one attached hydrogen (secondary N) is 2. The average molecular weight is 358 g/mol. The minimum Gasteiger partial charge on any atom is -0.467 e. The first-order valence-corrected chi connectivity index (χ1v) is 9.01. The van der Waals surface area contributed by atoms with Gasteiger partial charge in [-0.15, -0.1) is 0 Å². The van der Waals surface area contributed by atoms with Gasteiger partial charge in [-0.25, -0.2) is 0 Å². The van der Waals surface area contributed by atoms with Gasteiger partial charge in [-0.1, -0.05) is 6.42 Å².